The third-order valence-corrected chi connectivity index (χ3v) is 4.12. The van der Waals surface area contributed by atoms with Crippen LogP contribution in [0.1, 0.15) is 18.4 Å². The third-order valence-electron chi connectivity index (χ3n) is 4.12. The van der Waals surface area contributed by atoms with Gasteiger partial charge in [-0.05, 0) is 50.7 Å². The average molecular weight is 328 g/mol. The molecule has 0 atom stereocenters. The molecule has 1 heterocycles. The van der Waals surface area contributed by atoms with Crippen molar-refractivity contribution in [2.75, 3.05) is 26.7 Å². The van der Waals surface area contributed by atoms with E-state index in [1.807, 2.05) is 11.9 Å². The van der Waals surface area contributed by atoms with Crippen molar-refractivity contribution in [2.24, 2.45) is 0 Å². The van der Waals surface area contributed by atoms with E-state index in [0.29, 0.717) is 6.04 Å². The molecule has 1 saturated heterocycles. The minimum absolute atomic E-state index is 0.0657. The minimum Gasteiger partial charge on any atom is -0.480 e. The Balaban J connectivity index is 1.78. The lowest BCUT2D eigenvalue weighted by Gasteiger charge is -2.36. The standard InChI is InChI=1S/C16H22F2N2O3/c1-19(11-15(21)22)13-6-8-20(9-7-13)10-12-2-4-14(5-3-12)23-16(17)18/h2-5,13,16H,6-11H2,1H3,(H,21,22). The molecule has 0 radical (unpaired) electrons. The van der Waals surface area contributed by atoms with Gasteiger partial charge in [-0.1, -0.05) is 12.1 Å². The van der Waals surface area contributed by atoms with Crippen LogP contribution in [0.15, 0.2) is 24.3 Å². The lowest BCUT2D eigenvalue weighted by atomic mass is 10.0. The number of likely N-dealkylation sites (N-methyl/N-ethyl adjacent to an activating group) is 1. The Morgan fingerprint density at radius 3 is 2.48 bits per heavy atom. The fraction of sp³-hybridized carbons (Fsp3) is 0.562. The third kappa shape index (κ3) is 5.76. The molecule has 0 amide bonds. The van der Waals surface area contributed by atoms with Crippen molar-refractivity contribution in [2.45, 2.75) is 32.0 Å². The van der Waals surface area contributed by atoms with Crippen LogP contribution in [-0.4, -0.2) is 60.2 Å². The first-order chi connectivity index (χ1) is 10.9. The van der Waals surface area contributed by atoms with Crippen molar-refractivity contribution >= 4 is 5.97 Å². The van der Waals surface area contributed by atoms with Gasteiger partial charge in [-0.3, -0.25) is 14.6 Å². The van der Waals surface area contributed by atoms with E-state index in [4.69, 9.17) is 5.11 Å². The summed E-state index contributed by atoms with van der Waals surface area (Å²) in [6.45, 7) is -0.198. The molecular weight excluding hydrogens is 306 g/mol. The molecule has 1 N–H and O–H groups in total. The Morgan fingerprint density at radius 1 is 1.35 bits per heavy atom. The number of carboxylic acid groups (broad SMARTS) is 1. The molecule has 0 aliphatic carbocycles. The van der Waals surface area contributed by atoms with E-state index >= 15 is 0 Å². The molecule has 1 aromatic rings. The van der Waals surface area contributed by atoms with Gasteiger partial charge in [0, 0.05) is 12.6 Å². The van der Waals surface area contributed by atoms with Crippen molar-refractivity contribution in [1.82, 2.24) is 9.80 Å². The number of carbonyl (C=O) groups is 1. The van der Waals surface area contributed by atoms with Gasteiger partial charge in [-0.15, -0.1) is 0 Å². The molecule has 2 rings (SSSR count). The van der Waals surface area contributed by atoms with E-state index < -0.39 is 12.6 Å². The van der Waals surface area contributed by atoms with Crippen LogP contribution in [0.3, 0.4) is 0 Å². The molecule has 1 fully saturated rings. The Kier molecular flexibility index (Phi) is 6.29. The number of aliphatic carboxylic acids is 1. The van der Waals surface area contributed by atoms with E-state index in [0.717, 1.165) is 38.0 Å². The highest BCUT2D eigenvalue weighted by atomic mass is 19.3. The zero-order valence-corrected chi connectivity index (χ0v) is 13.1. The van der Waals surface area contributed by atoms with Crippen molar-refractivity contribution < 1.29 is 23.4 Å². The molecule has 1 aliphatic rings. The van der Waals surface area contributed by atoms with Crippen LogP contribution in [0, 0.1) is 0 Å². The second-order valence-electron chi connectivity index (χ2n) is 5.84. The van der Waals surface area contributed by atoms with E-state index in [2.05, 4.69) is 9.64 Å². The van der Waals surface area contributed by atoms with E-state index in [9.17, 15) is 13.6 Å². The number of hydrogen-bond donors (Lipinski definition) is 1. The van der Waals surface area contributed by atoms with Crippen LogP contribution in [-0.2, 0) is 11.3 Å². The van der Waals surface area contributed by atoms with Gasteiger partial charge in [-0.2, -0.15) is 8.78 Å². The number of ether oxygens (including phenoxy) is 1. The van der Waals surface area contributed by atoms with Crippen molar-refractivity contribution in [3.63, 3.8) is 0 Å². The molecule has 0 bridgehead atoms. The number of halogens is 2. The number of piperidine rings is 1. The van der Waals surface area contributed by atoms with E-state index in [-0.39, 0.29) is 12.3 Å². The molecule has 5 nitrogen and oxygen atoms in total. The van der Waals surface area contributed by atoms with Crippen molar-refractivity contribution in [3.05, 3.63) is 29.8 Å². The molecule has 0 spiro atoms. The predicted octanol–water partition coefficient (Wildman–Crippen LogP) is 2.27. The summed E-state index contributed by atoms with van der Waals surface area (Å²) < 4.78 is 28.5. The summed E-state index contributed by atoms with van der Waals surface area (Å²) in [6.07, 6.45) is 1.85. The zero-order chi connectivity index (χ0) is 16.8. The van der Waals surface area contributed by atoms with Crippen LogP contribution in [0.4, 0.5) is 8.78 Å². The molecule has 0 aromatic heterocycles. The van der Waals surface area contributed by atoms with Gasteiger partial charge < -0.3 is 9.84 Å². The maximum atomic E-state index is 12.1. The zero-order valence-electron chi connectivity index (χ0n) is 13.1. The summed E-state index contributed by atoms with van der Waals surface area (Å²) in [7, 11) is 1.84. The first-order valence-corrected chi connectivity index (χ1v) is 7.62. The molecule has 0 saturated carbocycles. The summed E-state index contributed by atoms with van der Waals surface area (Å²) in [5.74, 6) is -0.640. The normalized spacial score (nSPS) is 16.9. The molecule has 23 heavy (non-hydrogen) atoms. The maximum Gasteiger partial charge on any atom is 0.387 e. The average Bonchev–Trinajstić information content (AvgIpc) is 2.49. The SMILES string of the molecule is CN(CC(=O)O)C1CCN(Cc2ccc(OC(F)F)cc2)CC1. The van der Waals surface area contributed by atoms with Gasteiger partial charge in [0.2, 0.25) is 0 Å². The largest absolute Gasteiger partial charge is 0.480 e. The van der Waals surface area contributed by atoms with E-state index in [1.54, 1.807) is 24.3 Å². The summed E-state index contributed by atoms with van der Waals surface area (Å²) in [4.78, 5) is 14.9. The monoisotopic (exact) mass is 328 g/mol. The highest BCUT2D eigenvalue weighted by Crippen LogP contribution is 2.19. The predicted molar refractivity (Wildman–Crippen MR) is 81.6 cm³/mol. The van der Waals surface area contributed by atoms with Crippen LogP contribution >= 0.6 is 0 Å². The summed E-state index contributed by atoms with van der Waals surface area (Å²) in [5.41, 5.74) is 1.05. The number of carboxylic acids is 1. The smallest absolute Gasteiger partial charge is 0.387 e. The number of likely N-dealkylation sites (tertiary alicyclic amines) is 1. The van der Waals surface area contributed by atoms with Gasteiger partial charge >= 0.3 is 12.6 Å². The molecule has 1 aromatic carbocycles. The Bertz CT molecular complexity index is 503. The lowest BCUT2D eigenvalue weighted by Crippen LogP contribution is -2.44. The quantitative estimate of drug-likeness (QED) is 0.832. The Morgan fingerprint density at radius 2 is 1.96 bits per heavy atom. The number of rotatable bonds is 7. The highest BCUT2D eigenvalue weighted by molar-refractivity contribution is 5.69. The van der Waals surface area contributed by atoms with Crippen LogP contribution in [0.5, 0.6) is 5.75 Å². The molecule has 128 valence electrons. The first kappa shape index (κ1) is 17.6. The molecule has 1 aliphatic heterocycles. The molecular formula is C16H22F2N2O3. The second kappa shape index (κ2) is 8.21. The van der Waals surface area contributed by atoms with Gasteiger partial charge in [0.1, 0.15) is 5.75 Å². The van der Waals surface area contributed by atoms with E-state index in [1.165, 1.54) is 0 Å². The number of nitrogens with zero attached hydrogens (tertiary/aromatic N) is 2. The fourth-order valence-electron chi connectivity index (χ4n) is 2.90. The molecule has 7 heteroatoms. The van der Waals surface area contributed by atoms with Crippen molar-refractivity contribution in [1.29, 1.82) is 0 Å². The Hall–Kier alpha value is -1.73. The van der Waals surface area contributed by atoms with Crippen LogP contribution in [0.25, 0.3) is 0 Å². The number of alkyl halides is 2. The van der Waals surface area contributed by atoms with Gasteiger partial charge in [-0.25, -0.2) is 0 Å². The van der Waals surface area contributed by atoms with Crippen LogP contribution < -0.4 is 4.74 Å². The maximum absolute atomic E-state index is 12.1. The minimum atomic E-state index is -2.80. The summed E-state index contributed by atoms with van der Waals surface area (Å²) in [5, 5.41) is 8.83. The first-order valence-electron chi connectivity index (χ1n) is 7.62. The fourth-order valence-corrected chi connectivity index (χ4v) is 2.90. The summed E-state index contributed by atoms with van der Waals surface area (Å²) >= 11 is 0. The second-order valence-corrected chi connectivity index (χ2v) is 5.84. The molecule has 0 unspecified atom stereocenters. The highest BCUT2D eigenvalue weighted by Gasteiger charge is 2.23. The van der Waals surface area contributed by atoms with Gasteiger partial charge in [0.05, 0.1) is 6.54 Å². The van der Waals surface area contributed by atoms with Crippen molar-refractivity contribution in [3.8, 4) is 5.75 Å². The summed E-state index contributed by atoms with van der Waals surface area (Å²) in [6, 6.07) is 6.98. The Labute approximate surface area is 134 Å². The van der Waals surface area contributed by atoms with Crippen LogP contribution in [0.2, 0.25) is 0 Å². The van der Waals surface area contributed by atoms with Gasteiger partial charge in [0.15, 0.2) is 0 Å². The lowest BCUT2D eigenvalue weighted by molar-refractivity contribution is -0.138. The van der Waals surface area contributed by atoms with Gasteiger partial charge in [0.25, 0.3) is 0 Å². The topological polar surface area (TPSA) is 53.0 Å². The number of hydrogen-bond acceptors (Lipinski definition) is 4. The number of benzene rings is 1.